The fourth-order valence-corrected chi connectivity index (χ4v) is 2.39. The lowest BCUT2D eigenvalue weighted by atomic mass is 10.2. The van der Waals surface area contributed by atoms with Crippen LogP contribution >= 0.6 is 11.6 Å². The first kappa shape index (κ1) is 15.8. The van der Waals surface area contributed by atoms with E-state index in [-0.39, 0.29) is 12.1 Å². The molecule has 0 spiro atoms. The molecule has 1 saturated heterocycles. The Hall–Kier alpha value is -1.56. The molecule has 0 radical (unpaired) electrons. The highest BCUT2D eigenvalue weighted by Crippen LogP contribution is 2.23. The van der Waals surface area contributed by atoms with Crippen LogP contribution in [0.2, 0.25) is 5.15 Å². The van der Waals surface area contributed by atoms with Gasteiger partial charge in [-0.15, -0.1) is 0 Å². The first-order chi connectivity index (χ1) is 9.76. The summed E-state index contributed by atoms with van der Waals surface area (Å²) in [5.74, 6) is 0.787. The Morgan fingerprint density at radius 3 is 2.81 bits per heavy atom. The van der Waals surface area contributed by atoms with Gasteiger partial charge >= 0.3 is 6.09 Å². The van der Waals surface area contributed by atoms with Crippen LogP contribution in [0.3, 0.4) is 0 Å². The number of hydrogen-bond donors (Lipinski definition) is 0. The minimum atomic E-state index is -0.482. The lowest BCUT2D eigenvalue weighted by Crippen LogP contribution is -2.42. The summed E-state index contributed by atoms with van der Waals surface area (Å²) in [6.45, 7) is 7.13. The monoisotopic (exact) mass is 312 g/mol. The van der Waals surface area contributed by atoms with E-state index in [2.05, 4.69) is 14.9 Å². The highest BCUT2D eigenvalue weighted by molar-refractivity contribution is 6.29. The molecule has 1 atom stereocenters. The van der Waals surface area contributed by atoms with Gasteiger partial charge in [0.25, 0.3) is 0 Å². The Labute approximate surface area is 130 Å². The molecular weight excluding hydrogens is 292 g/mol. The predicted octanol–water partition coefficient (Wildman–Crippen LogP) is 2.58. The van der Waals surface area contributed by atoms with Crippen LogP contribution in [0.25, 0.3) is 0 Å². The first-order valence-corrected chi connectivity index (χ1v) is 7.32. The quantitative estimate of drug-likeness (QED) is 0.786. The molecule has 1 fully saturated rings. The fourth-order valence-electron chi connectivity index (χ4n) is 2.25. The third kappa shape index (κ3) is 4.20. The average Bonchev–Trinajstić information content (AvgIpc) is 2.85. The summed E-state index contributed by atoms with van der Waals surface area (Å²) >= 11 is 5.88. The number of ether oxygens (including phenoxy) is 1. The SMILES string of the molecule is CN(C(=O)OC(C)(C)C)[C@H]1CCN(c2cc(Cl)ncn2)C1. The van der Waals surface area contributed by atoms with Crippen molar-refractivity contribution >= 4 is 23.5 Å². The summed E-state index contributed by atoms with van der Waals surface area (Å²) in [5, 5.41) is 0.420. The number of hydrogen-bond acceptors (Lipinski definition) is 5. The lowest BCUT2D eigenvalue weighted by Gasteiger charge is -2.28. The van der Waals surface area contributed by atoms with Crippen LogP contribution in [-0.2, 0) is 4.74 Å². The molecule has 1 aromatic heterocycles. The molecule has 1 aromatic rings. The van der Waals surface area contributed by atoms with Gasteiger partial charge in [0.1, 0.15) is 22.9 Å². The smallest absolute Gasteiger partial charge is 0.410 e. The van der Waals surface area contributed by atoms with Crippen molar-refractivity contribution in [3.05, 3.63) is 17.5 Å². The predicted molar refractivity (Wildman–Crippen MR) is 81.7 cm³/mol. The summed E-state index contributed by atoms with van der Waals surface area (Å²) in [6.07, 6.45) is 2.02. The van der Waals surface area contributed by atoms with Gasteiger partial charge in [0.15, 0.2) is 0 Å². The third-order valence-electron chi connectivity index (χ3n) is 3.34. The van der Waals surface area contributed by atoms with Crippen LogP contribution in [0.5, 0.6) is 0 Å². The number of halogens is 1. The fraction of sp³-hybridized carbons (Fsp3) is 0.643. The normalized spacial score (nSPS) is 18.7. The third-order valence-corrected chi connectivity index (χ3v) is 3.54. The van der Waals surface area contributed by atoms with Gasteiger partial charge < -0.3 is 14.5 Å². The Morgan fingerprint density at radius 2 is 2.19 bits per heavy atom. The zero-order valence-electron chi connectivity index (χ0n) is 12.8. The number of likely N-dealkylation sites (N-methyl/N-ethyl adjacent to an activating group) is 1. The van der Waals surface area contributed by atoms with E-state index in [9.17, 15) is 4.79 Å². The molecule has 0 aromatic carbocycles. The molecule has 6 nitrogen and oxygen atoms in total. The van der Waals surface area contributed by atoms with Crippen molar-refractivity contribution in [1.82, 2.24) is 14.9 Å². The van der Waals surface area contributed by atoms with Crippen LogP contribution in [0.15, 0.2) is 12.4 Å². The Bertz CT molecular complexity index is 518. The van der Waals surface area contributed by atoms with Crippen molar-refractivity contribution in [3.63, 3.8) is 0 Å². The minimum Gasteiger partial charge on any atom is -0.444 e. The minimum absolute atomic E-state index is 0.105. The summed E-state index contributed by atoms with van der Waals surface area (Å²) in [6, 6.07) is 1.84. The Morgan fingerprint density at radius 1 is 1.48 bits per heavy atom. The summed E-state index contributed by atoms with van der Waals surface area (Å²) in [7, 11) is 1.77. The summed E-state index contributed by atoms with van der Waals surface area (Å²) in [5.41, 5.74) is -0.482. The Balaban J connectivity index is 1.97. The van der Waals surface area contributed by atoms with Crippen LogP contribution < -0.4 is 4.90 Å². The van der Waals surface area contributed by atoms with Gasteiger partial charge in [-0.25, -0.2) is 14.8 Å². The molecular formula is C14H21ClN4O2. The van der Waals surface area contributed by atoms with Gasteiger partial charge in [0.05, 0.1) is 6.04 Å². The van der Waals surface area contributed by atoms with Crippen LogP contribution in [0.1, 0.15) is 27.2 Å². The van der Waals surface area contributed by atoms with Crippen LogP contribution in [0.4, 0.5) is 10.6 Å². The van der Waals surface area contributed by atoms with E-state index in [4.69, 9.17) is 16.3 Å². The maximum Gasteiger partial charge on any atom is 0.410 e. The molecule has 1 aliphatic rings. The van der Waals surface area contributed by atoms with Crippen LogP contribution in [-0.4, -0.2) is 52.7 Å². The maximum atomic E-state index is 12.1. The van der Waals surface area contributed by atoms with Gasteiger partial charge in [0.2, 0.25) is 0 Å². The van der Waals surface area contributed by atoms with Crippen molar-refractivity contribution in [3.8, 4) is 0 Å². The van der Waals surface area contributed by atoms with E-state index in [0.29, 0.717) is 11.7 Å². The second-order valence-corrected chi connectivity index (χ2v) is 6.57. The van der Waals surface area contributed by atoms with Crippen LogP contribution in [0, 0.1) is 0 Å². The second kappa shape index (κ2) is 6.05. The molecule has 2 rings (SSSR count). The highest BCUT2D eigenvalue weighted by Gasteiger charge is 2.31. The van der Waals surface area contributed by atoms with Gasteiger partial charge in [0, 0.05) is 26.2 Å². The maximum absolute atomic E-state index is 12.1. The molecule has 7 heteroatoms. The van der Waals surface area contributed by atoms with Crippen molar-refractivity contribution in [2.24, 2.45) is 0 Å². The molecule has 2 heterocycles. The molecule has 1 aliphatic heterocycles. The lowest BCUT2D eigenvalue weighted by molar-refractivity contribution is 0.0238. The van der Waals surface area contributed by atoms with E-state index in [1.54, 1.807) is 18.0 Å². The van der Waals surface area contributed by atoms with Crippen molar-refractivity contribution in [1.29, 1.82) is 0 Å². The standard InChI is InChI=1S/C14H21ClN4O2/c1-14(2,3)21-13(20)18(4)10-5-6-19(8-10)12-7-11(15)16-9-17-12/h7,9-10H,5-6,8H2,1-4H3/t10-/m0/s1. The van der Waals surface area contributed by atoms with Gasteiger partial charge in [-0.05, 0) is 27.2 Å². The molecule has 0 saturated carbocycles. The largest absolute Gasteiger partial charge is 0.444 e. The molecule has 116 valence electrons. The number of rotatable bonds is 2. The number of carbonyl (C=O) groups is 1. The first-order valence-electron chi connectivity index (χ1n) is 6.94. The number of amides is 1. The molecule has 0 N–H and O–H groups in total. The second-order valence-electron chi connectivity index (χ2n) is 6.18. The van der Waals surface area contributed by atoms with Gasteiger partial charge in [-0.2, -0.15) is 0 Å². The number of carbonyl (C=O) groups excluding carboxylic acids is 1. The summed E-state index contributed by atoms with van der Waals surface area (Å²) in [4.78, 5) is 23.9. The van der Waals surface area contributed by atoms with E-state index in [0.717, 1.165) is 18.8 Å². The topological polar surface area (TPSA) is 58.6 Å². The molecule has 0 aliphatic carbocycles. The van der Waals surface area contributed by atoms with Crippen molar-refractivity contribution < 1.29 is 9.53 Å². The van der Waals surface area contributed by atoms with E-state index >= 15 is 0 Å². The molecule has 0 bridgehead atoms. The number of anilines is 1. The molecule has 21 heavy (non-hydrogen) atoms. The highest BCUT2D eigenvalue weighted by atomic mass is 35.5. The summed E-state index contributed by atoms with van der Waals surface area (Å²) < 4.78 is 5.39. The van der Waals surface area contributed by atoms with Crippen molar-refractivity contribution in [2.75, 3.05) is 25.0 Å². The van der Waals surface area contributed by atoms with E-state index < -0.39 is 5.60 Å². The zero-order chi connectivity index (χ0) is 15.6. The van der Waals surface area contributed by atoms with E-state index in [1.165, 1.54) is 6.33 Å². The zero-order valence-corrected chi connectivity index (χ0v) is 13.6. The van der Waals surface area contributed by atoms with Crippen molar-refractivity contribution in [2.45, 2.75) is 38.8 Å². The number of aromatic nitrogens is 2. The molecule has 1 amide bonds. The number of nitrogens with zero attached hydrogens (tertiary/aromatic N) is 4. The molecule has 0 unspecified atom stereocenters. The van der Waals surface area contributed by atoms with Gasteiger partial charge in [-0.3, -0.25) is 0 Å². The van der Waals surface area contributed by atoms with Gasteiger partial charge in [-0.1, -0.05) is 11.6 Å². The Kier molecular flexibility index (Phi) is 4.56. The average molecular weight is 313 g/mol. The van der Waals surface area contributed by atoms with E-state index in [1.807, 2.05) is 20.8 Å².